The number of nitrogens with two attached hydrogens (primary N) is 1. The number of nitrogens with one attached hydrogen (secondary N) is 1. The van der Waals surface area contributed by atoms with Gasteiger partial charge in [-0.2, -0.15) is 0 Å². The van der Waals surface area contributed by atoms with Gasteiger partial charge in [0.05, 0.1) is 20.3 Å². The molecule has 0 saturated carbocycles. The average Bonchev–Trinajstić information content (AvgIpc) is 2.49. The maximum Gasteiger partial charge on any atom is 0.237 e. The molecule has 0 aliphatic heterocycles. The highest BCUT2D eigenvalue weighted by Gasteiger charge is 2.13. The van der Waals surface area contributed by atoms with Crippen LogP contribution in [0.1, 0.15) is 12.0 Å². The van der Waals surface area contributed by atoms with Gasteiger partial charge in [0.2, 0.25) is 5.91 Å². The molecule has 6 heteroatoms. The van der Waals surface area contributed by atoms with Crippen LogP contribution in [0.5, 0.6) is 11.5 Å². The molecule has 0 radical (unpaired) electrons. The van der Waals surface area contributed by atoms with Crippen LogP contribution >= 0.6 is 0 Å². The number of carbonyl (C=O) groups excluding carboxylic acids is 1. The van der Waals surface area contributed by atoms with Crippen molar-refractivity contribution >= 4 is 5.91 Å². The molecule has 3 N–H and O–H groups in total. The molecule has 0 bridgehead atoms. The molecular weight excluding hydrogens is 260 g/mol. The van der Waals surface area contributed by atoms with Crippen LogP contribution in [0.15, 0.2) is 18.2 Å². The minimum Gasteiger partial charge on any atom is -0.493 e. The van der Waals surface area contributed by atoms with E-state index >= 15 is 0 Å². The summed E-state index contributed by atoms with van der Waals surface area (Å²) in [5, 5.41) is 2.78. The summed E-state index contributed by atoms with van der Waals surface area (Å²) >= 11 is 0. The van der Waals surface area contributed by atoms with Crippen molar-refractivity contribution in [3.8, 4) is 11.5 Å². The van der Waals surface area contributed by atoms with E-state index in [1.54, 1.807) is 27.4 Å². The van der Waals surface area contributed by atoms with Crippen LogP contribution in [-0.4, -0.2) is 39.9 Å². The Kier molecular flexibility index (Phi) is 6.83. The van der Waals surface area contributed by atoms with Crippen LogP contribution < -0.4 is 20.5 Å². The van der Waals surface area contributed by atoms with Crippen LogP contribution in [0, 0.1) is 0 Å². The first-order valence-corrected chi connectivity index (χ1v) is 6.35. The van der Waals surface area contributed by atoms with Crippen molar-refractivity contribution in [1.82, 2.24) is 5.32 Å². The molecule has 0 aliphatic rings. The van der Waals surface area contributed by atoms with Gasteiger partial charge in [-0.05, 0) is 24.1 Å². The second kappa shape index (κ2) is 8.39. The highest BCUT2D eigenvalue weighted by molar-refractivity contribution is 5.81. The van der Waals surface area contributed by atoms with Crippen molar-refractivity contribution in [2.75, 3.05) is 27.9 Å². The third kappa shape index (κ3) is 4.71. The summed E-state index contributed by atoms with van der Waals surface area (Å²) in [6, 6.07) is 4.92. The van der Waals surface area contributed by atoms with Crippen molar-refractivity contribution in [2.24, 2.45) is 5.73 Å². The largest absolute Gasteiger partial charge is 0.493 e. The molecule has 1 amide bonds. The zero-order valence-corrected chi connectivity index (χ0v) is 12.1. The van der Waals surface area contributed by atoms with E-state index in [2.05, 4.69) is 5.32 Å². The van der Waals surface area contributed by atoms with E-state index in [1.807, 2.05) is 12.1 Å². The van der Waals surface area contributed by atoms with E-state index in [4.69, 9.17) is 19.9 Å². The molecule has 1 atom stereocenters. The lowest BCUT2D eigenvalue weighted by atomic mass is 10.1. The summed E-state index contributed by atoms with van der Waals surface area (Å²) in [5.41, 5.74) is 6.64. The topological polar surface area (TPSA) is 82.8 Å². The SMILES string of the molecule is COCCC(N)C(=O)NCc1ccc(OC)c(OC)c1. The zero-order valence-electron chi connectivity index (χ0n) is 12.1. The van der Waals surface area contributed by atoms with E-state index in [-0.39, 0.29) is 5.91 Å². The van der Waals surface area contributed by atoms with Gasteiger partial charge in [-0.15, -0.1) is 0 Å². The molecule has 1 unspecified atom stereocenters. The van der Waals surface area contributed by atoms with Crippen LogP contribution in [0.25, 0.3) is 0 Å². The molecule has 1 aromatic carbocycles. The van der Waals surface area contributed by atoms with E-state index < -0.39 is 6.04 Å². The standard InChI is InChI=1S/C14H22N2O4/c1-18-7-6-11(15)14(17)16-9-10-4-5-12(19-2)13(8-10)20-3/h4-5,8,11H,6-7,9,15H2,1-3H3,(H,16,17). The number of hydrogen-bond donors (Lipinski definition) is 2. The predicted molar refractivity (Wildman–Crippen MR) is 75.9 cm³/mol. The Morgan fingerprint density at radius 1 is 1.25 bits per heavy atom. The Hall–Kier alpha value is -1.79. The highest BCUT2D eigenvalue weighted by atomic mass is 16.5. The first-order valence-electron chi connectivity index (χ1n) is 6.35. The maximum absolute atomic E-state index is 11.8. The summed E-state index contributed by atoms with van der Waals surface area (Å²) < 4.78 is 15.2. The fourth-order valence-corrected chi connectivity index (χ4v) is 1.69. The Balaban J connectivity index is 2.55. The molecule has 1 aromatic rings. The van der Waals surface area contributed by atoms with Crippen LogP contribution in [0.3, 0.4) is 0 Å². The van der Waals surface area contributed by atoms with Crippen molar-refractivity contribution < 1.29 is 19.0 Å². The van der Waals surface area contributed by atoms with Crippen molar-refractivity contribution in [3.05, 3.63) is 23.8 Å². The van der Waals surface area contributed by atoms with Gasteiger partial charge in [-0.3, -0.25) is 4.79 Å². The van der Waals surface area contributed by atoms with Crippen LogP contribution in [0.2, 0.25) is 0 Å². The van der Waals surface area contributed by atoms with Crippen molar-refractivity contribution in [2.45, 2.75) is 19.0 Å². The smallest absolute Gasteiger partial charge is 0.237 e. The molecule has 112 valence electrons. The first kappa shape index (κ1) is 16.3. The second-order valence-electron chi connectivity index (χ2n) is 4.30. The van der Waals surface area contributed by atoms with Crippen molar-refractivity contribution in [3.63, 3.8) is 0 Å². The predicted octanol–water partition coefficient (Wildman–Crippen LogP) is 0.684. The Bertz CT molecular complexity index is 437. The quantitative estimate of drug-likeness (QED) is 0.733. The number of amides is 1. The number of rotatable bonds is 8. The van der Waals surface area contributed by atoms with Gasteiger partial charge in [0.15, 0.2) is 11.5 Å². The van der Waals surface area contributed by atoms with Gasteiger partial charge in [0.1, 0.15) is 0 Å². The molecule has 0 aliphatic carbocycles. The molecule has 0 aromatic heterocycles. The number of ether oxygens (including phenoxy) is 3. The molecule has 1 rings (SSSR count). The van der Waals surface area contributed by atoms with E-state index in [0.717, 1.165) is 5.56 Å². The second-order valence-corrected chi connectivity index (χ2v) is 4.30. The van der Waals surface area contributed by atoms with Gasteiger partial charge in [-0.1, -0.05) is 6.07 Å². The normalized spacial score (nSPS) is 11.8. The summed E-state index contributed by atoms with van der Waals surface area (Å²) in [7, 11) is 4.73. The van der Waals surface area contributed by atoms with Gasteiger partial charge in [0, 0.05) is 20.3 Å². The molecule has 20 heavy (non-hydrogen) atoms. The lowest BCUT2D eigenvalue weighted by Gasteiger charge is -2.13. The maximum atomic E-state index is 11.8. The van der Waals surface area contributed by atoms with Gasteiger partial charge in [-0.25, -0.2) is 0 Å². The monoisotopic (exact) mass is 282 g/mol. The Morgan fingerprint density at radius 2 is 1.95 bits per heavy atom. The number of hydrogen-bond acceptors (Lipinski definition) is 5. The van der Waals surface area contributed by atoms with Crippen molar-refractivity contribution in [1.29, 1.82) is 0 Å². The summed E-state index contributed by atoms with van der Waals surface area (Å²) in [6.45, 7) is 0.852. The number of carbonyl (C=O) groups is 1. The van der Waals surface area contributed by atoms with Crippen LogP contribution in [0.4, 0.5) is 0 Å². The zero-order chi connectivity index (χ0) is 15.0. The van der Waals surface area contributed by atoms with Gasteiger partial charge < -0.3 is 25.3 Å². The highest BCUT2D eigenvalue weighted by Crippen LogP contribution is 2.27. The third-order valence-corrected chi connectivity index (χ3v) is 2.88. The minimum atomic E-state index is -0.560. The number of methoxy groups -OCH3 is 3. The fraction of sp³-hybridized carbons (Fsp3) is 0.500. The summed E-state index contributed by atoms with van der Waals surface area (Å²) in [6.07, 6.45) is 0.494. The molecule has 0 spiro atoms. The van der Waals surface area contributed by atoms with E-state index in [9.17, 15) is 4.79 Å². The number of benzene rings is 1. The minimum absolute atomic E-state index is 0.197. The average molecular weight is 282 g/mol. The Labute approximate surface area is 119 Å². The lowest BCUT2D eigenvalue weighted by Crippen LogP contribution is -2.40. The molecule has 6 nitrogen and oxygen atoms in total. The lowest BCUT2D eigenvalue weighted by molar-refractivity contribution is -0.122. The molecule has 0 saturated heterocycles. The summed E-state index contributed by atoms with van der Waals surface area (Å²) in [5.74, 6) is 1.08. The van der Waals surface area contributed by atoms with Gasteiger partial charge >= 0.3 is 0 Å². The Morgan fingerprint density at radius 3 is 2.55 bits per heavy atom. The molecule has 0 fully saturated rings. The fourth-order valence-electron chi connectivity index (χ4n) is 1.69. The molecular formula is C14H22N2O4. The van der Waals surface area contributed by atoms with E-state index in [0.29, 0.717) is 31.1 Å². The van der Waals surface area contributed by atoms with Crippen LogP contribution in [-0.2, 0) is 16.1 Å². The summed E-state index contributed by atoms with van der Waals surface area (Å²) in [4.78, 5) is 11.8. The first-order chi connectivity index (χ1) is 9.62. The third-order valence-electron chi connectivity index (χ3n) is 2.88. The van der Waals surface area contributed by atoms with Gasteiger partial charge in [0.25, 0.3) is 0 Å². The van der Waals surface area contributed by atoms with E-state index in [1.165, 1.54) is 0 Å². The molecule has 0 heterocycles.